The first-order valence-electron chi connectivity index (χ1n) is 8.24. The van der Waals surface area contributed by atoms with E-state index in [1.54, 1.807) is 0 Å². The Morgan fingerprint density at radius 3 is 1.91 bits per heavy atom. The molecule has 1 spiro atoms. The maximum absolute atomic E-state index is 2.40. The Bertz CT molecular complexity index is 677. The first-order chi connectivity index (χ1) is 10.7. The van der Waals surface area contributed by atoms with E-state index in [2.05, 4.69) is 79.7 Å². The Morgan fingerprint density at radius 2 is 1.41 bits per heavy atom. The van der Waals surface area contributed by atoms with E-state index in [0.29, 0.717) is 6.04 Å². The lowest BCUT2D eigenvalue weighted by Crippen LogP contribution is -2.31. The van der Waals surface area contributed by atoms with Gasteiger partial charge >= 0.3 is 0 Å². The summed E-state index contributed by atoms with van der Waals surface area (Å²) in [6.45, 7) is 0. The molecule has 1 atom stereocenters. The Hall–Kier alpha value is -1.86. The fourth-order valence-electron chi connectivity index (χ4n) is 4.43. The lowest BCUT2D eigenvalue weighted by Gasteiger charge is -2.33. The Kier molecular flexibility index (Phi) is 3.19. The van der Waals surface area contributed by atoms with Crippen molar-refractivity contribution in [3.63, 3.8) is 0 Å². The van der Waals surface area contributed by atoms with Crippen LogP contribution in [-0.4, -0.2) is 25.0 Å². The molecule has 1 fully saturated rings. The predicted octanol–water partition coefficient (Wildman–Crippen LogP) is 4.57. The smallest absolute Gasteiger partial charge is 0.0230 e. The van der Waals surface area contributed by atoms with Crippen LogP contribution in [0.2, 0.25) is 0 Å². The molecule has 2 aliphatic carbocycles. The Morgan fingerprint density at radius 1 is 0.864 bits per heavy atom. The maximum Gasteiger partial charge on any atom is 0.0230 e. The summed E-state index contributed by atoms with van der Waals surface area (Å²) < 4.78 is 0. The first kappa shape index (κ1) is 13.8. The van der Waals surface area contributed by atoms with Gasteiger partial charge in [0.1, 0.15) is 0 Å². The van der Waals surface area contributed by atoms with Crippen LogP contribution in [0.1, 0.15) is 41.5 Å². The van der Waals surface area contributed by atoms with E-state index < -0.39 is 0 Å². The van der Waals surface area contributed by atoms with E-state index in [0.717, 1.165) is 0 Å². The minimum Gasteiger partial charge on any atom is -0.306 e. The molecule has 112 valence electrons. The molecule has 0 aromatic heterocycles. The van der Waals surface area contributed by atoms with Gasteiger partial charge in [-0.05, 0) is 55.6 Å². The van der Waals surface area contributed by atoms with Crippen molar-refractivity contribution < 1.29 is 0 Å². The molecular weight excluding hydrogens is 266 g/mol. The summed E-state index contributed by atoms with van der Waals surface area (Å²) in [5.74, 6) is 0. The number of rotatable bonds is 1. The molecule has 1 heteroatoms. The highest BCUT2D eigenvalue weighted by molar-refractivity contribution is 5.78. The van der Waals surface area contributed by atoms with Gasteiger partial charge in [-0.3, -0.25) is 0 Å². The number of benzene rings is 2. The molecule has 0 aliphatic heterocycles. The van der Waals surface area contributed by atoms with Gasteiger partial charge in [0, 0.05) is 11.5 Å². The molecule has 0 radical (unpaired) electrons. The van der Waals surface area contributed by atoms with Gasteiger partial charge in [0.05, 0.1) is 0 Å². The minimum absolute atomic E-state index is 0.172. The topological polar surface area (TPSA) is 3.24 Å². The van der Waals surface area contributed by atoms with Crippen LogP contribution < -0.4 is 0 Å². The highest BCUT2D eigenvalue weighted by Crippen LogP contribution is 2.51. The summed E-state index contributed by atoms with van der Waals surface area (Å²) in [5, 5.41) is 0. The summed E-state index contributed by atoms with van der Waals surface area (Å²) in [7, 11) is 4.44. The first-order valence-corrected chi connectivity index (χ1v) is 8.24. The zero-order valence-electron chi connectivity index (χ0n) is 13.4. The fourth-order valence-corrected chi connectivity index (χ4v) is 4.43. The summed E-state index contributed by atoms with van der Waals surface area (Å²) >= 11 is 0. The Balaban J connectivity index is 1.95. The molecular formula is C21H23N. The third-order valence-corrected chi connectivity index (χ3v) is 5.61. The summed E-state index contributed by atoms with van der Waals surface area (Å²) in [5.41, 5.74) is 5.98. The van der Waals surface area contributed by atoms with Crippen molar-refractivity contribution in [3.05, 3.63) is 70.8 Å². The van der Waals surface area contributed by atoms with E-state index in [-0.39, 0.29) is 5.41 Å². The van der Waals surface area contributed by atoms with Crippen molar-refractivity contribution >= 4 is 12.2 Å². The second-order valence-electron chi connectivity index (χ2n) is 6.95. The van der Waals surface area contributed by atoms with Crippen LogP contribution in [0.5, 0.6) is 0 Å². The molecule has 0 heterocycles. The number of fused-ring (bicyclic) bond motifs is 4. The molecule has 0 saturated heterocycles. The van der Waals surface area contributed by atoms with Crippen LogP contribution in [0.25, 0.3) is 12.2 Å². The average Bonchev–Trinajstić information content (AvgIpc) is 2.94. The van der Waals surface area contributed by atoms with Gasteiger partial charge in [-0.25, -0.2) is 0 Å². The largest absolute Gasteiger partial charge is 0.306 e. The van der Waals surface area contributed by atoms with Gasteiger partial charge in [-0.1, -0.05) is 60.7 Å². The van der Waals surface area contributed by atoms with Crippen LogP contribution in [0, 0.1) is 0 Å². The summed E-state index contributed by atoms with van der Waals surface area (Å²) in [6.07, 6.45) is 8.33. The van der Waals surface area contributed by atoms with Gasteiger partial charge in [-0.15, -0.1) is 0 Å². The molecule has 22 heavy (non-hydrogen) atoms. The van der Waals surface area contributed by atoms with Crippen LogP contribution in [0.4, 0.5) is 0 Å². The molecule has 2 aliphatic rings. The van der Waals surface area contributed by atoms with E-state index in [1.165, 1.54) is 41.5 Å². The molecule has 4 rings (SSSR count). The van der Waals surface area contributed by atoms with Crippen LogP contribution >= 0.6 is 0 Å². The highest BCUT2D eigenvalue weighted by Gasteiger charge is 2.44. The van der Waals surface area contributed by atoms with Crippen LogP contribution in [0.15, 0.2) is 48.5 Å². The summed E-state index contributed by atoms with van der Waals surface area (Å²) in [4.78, 5) is 2.40. The lowest BCUT2D eigenvalue weighted by atomic mass is 9.71. The number of nitrogens with zero attached hydrogens (tertiary/aromatic N) is 1. The van der Waals surface area contributed by atoms with Gasteiger partial charge in [-0.2, -0.15) is 0 Å². The van der Waals surface area contributed by atoms with Crippen molar-refractivity contribution in [2.45, 2.75) is 30.7 Å². The monoisotopic (exact) mass is 289 g/mol. The van der Waals surface area contributed by atoms with Crippen molar-refractivity contribution in [3.8, 4) is 0 Å². The SMILES string of the molecule is CN(C)C1CCC2(C1)c1ccccc1C=Cc1ccccc12. The van der Waals surface area contributed by atoms with E-state index in [4.69, 9.17) is 0 Å². The molecule has 0 N–H and O–H groups in total. The van der Waals surface area contributed by atoms with Gasteiger partial charge in [0.25, 0.3) is 0 Å². The van der Waals surface area contributed by atoms with E-state index >= 15 is 0 Å². The molecule has 1 unspecified atom stereocenters. The van der Waals surface area contributed by atoms with Gasteiger partial charge in [0.2, 0.25) is 0 Å². The number of hydrogen-bond acceptors (Lipinski definition) is 1. The quantitative estimate of drug-likeness (QED) is 0.743. The van der Waals surface area contributed by atoms with Gasteiger partial charge < -0.3 is 4.90 Å². The molecule has 1 saturated carbocycles. The van der Waals surface area contributed by atoms with E-state index in [9.17, 15) is 0 Å². The van der Waals surface area contributed by atoms with E-state index in [1.807, 2.05) is 0 Å². The van der Waals surface area contributed by atoms with Crippen molar-refractivity contribution in [1.82, 2.24) is 4.90 Å². The maximum atomic E-state index is 2.40. The molecule has 0 amide bonds. The molecule has 1 nitrogen and oxygen atoms in total. The van der Waals surface area contributed by atoms with Crippen molar-refractivity contribution in [2.75, 3.05) is 14.1 Å². The second-order valence-corrected chi connectivity index (χ2v) is 6.95. The summed E-state index contributed by atoms with van der Waals surface area (Å²) in [6, 6.07) is 18.6. The van der Waals surface area contributed by atoms with Crippen molar-refractivity contribution in [1.29, 1.82) is 0 Å². The highest BCUT2D eigenvalue weighted by atomic mass is 15.1. The Labute approximate surface area is 133 Å². The fraction of sp³-hybridized carbons (Fsp3) is 0.333. The predicted molar refractivity (Wildman–Crippen MR) is 93.9 cm³/mol. The van der Waals surface area contributed by atoms with Crippen molar-refractivity contribution in [2.24, 2.45) is 0 Å². The standard InChI is InChI=1S/C21H23N/c1-22(2)18-13-14-21(15-18)19-9-5-3-7-16(19)11-12-17-8-4-6-10-20(17)21/h3-12,18H,13-15H2,1-2H3. The second kappa shape index (κ2) is 5.10. The number of hydrogen-bond donors (Lipinski definition) is 0. The zero-order chi connectivity index (χ0) is 15.2. The normalized spacial score (nSPS) is 21.7. The molecule has 0 bridgehead atoms. The minimum atomic E-state index is 0.172. The zero-order valence-corrected chi connectivity index (χ0v) is 13.4. The lowest BCUT2D eigenvalue weighted by molar-refractivity contribution is 0.289. The average molecular weight is 289 g/mol. The van der Waals surface area contributed by atoms with Crippen LogP contribution in [-0.2, 0) is 5.41 Å². The third-order valence-electron chi connectivity index (χ3n) is 5.61. The molecule has 2 aromatic carbocycles. The molecule has 2 aromatic rings. The van der Waals surface area contributed by atoms with Gasteiger partial charge in [0.15, 0.2) is 0 Å². The third kappa shape index (κ3) is 1.96. The van der Waals surface area contributed by atoms with Crippen LogP contribution in [0.3, 0.4) is 0 Å².